The van der Waals surface area contributed by atoms with Crippen molar-refractivity contribution in [2.45, 2.75) is 62.4 Å². The Labute approximate surface area is 191 Å². The molecule has 2 aliphatic carbocycles. The maximum atomic E-state index is 13.8. The highest BCUT2D eigenvalue weighted by molar-refractivity contribution is 7.77. The van der Waals surface area contributed by atoms with E-state index in [4.69, 9.17) is 4.74 Å². The van der Waals surface area contributed by atoms with Crippen LogP contribution < -0.4 is 9.46 Å². The Hall–Kier alpha value is -1.80. The fourth-order valence-electron chi connectivity index (χ4n) is 5.54. The van der Waals surface area contributed by atoms with Gasteiger partial charge in [0.1, 0.15) is 11.6 Å². The van der Waals surface area contributed by atoms with Gasteiger partial charge in [-0.2, -0.15) is 0 Å². The fraction of sp³-hybridized carbons (Fsp3) is 0.520. The first-order chi connectivity index (χ1) is 15.5. The molecular weight excluding hydrogens is 427 g/mol. The molecule has 3 aliphatic rings. The van der Waals surface area contributed by atoms with Crippen molar-refractivity contribution in [3.8, 4) is 5.75 Å². The largest absolute Gasteiger partial charge is 0.494 e. The minimum atomic E-state index is -2.00. The molecule has 2 N–H and O–H groups in total. The van der Waals surface area contributed by atoms with Gasteiger partial charge in [0.15, 0.2) is 0 Å². The van der Waals surface area contributed by atoms with Crippen LogP contribution in [0.4, 0.5) is 4.39 Å². The zero-order valence-electron chi connectivity index (χ0n) is 18.3. The molecule has 0 amide bonds. The zero-order valence-corrected chi connectivity index (χ0v) is 19.1. The van der Waals surface area contributed by atoms with E-state index in [1.54, 1.807) is 12.1 Å². The Kier molecular flexibility index (Phi) is 6.34. The average Bonchev–Trinajstić information content (AvgIpc) is 3.02. The number of nitrogens with zero attached hydrogens (tertiary/aromatic N) is 1. The van der Waals surface area contributed by atoms with Gasteiger partial charge in [-0.25, -0.2) is 13.3 Å². The molecule has 172 valence electrons. The van der Waals surface area contributed by atoms with E-state index in [0.29, 0.717) is 25.0 Å². The van der Waals surface area contributed by atoms with E-state index in [0.717, 1.165) is 56.5 Å². The fourth-order valence-corrected chi connectivity index (χ4v) is 6.22. The molecule has 0 aromatic heterocycles. The minimum absolute atomic E-state index is 0.180. The second kappa shape index (κ2) is 9.21. The van der Waals surface area contributed by atoms with Crippen molar-refractivity contribution in [2.75, 3.05) is 19.7 Å². The van der Waals surface area contributed by atoms with Crippen molar-refractivity contribution in [1.82, 2.24) is 9.62 Å². The van der Waals surface area contributed by atoms with Crippen LogP contribution in [0.2, 0.25) is 0 Å². The van der Waals surface area contributed by atoms with Gasteiger partial charge >= 0.3 is 0 Å². The van der Waals surface area contributed by atoms with E-state index in [1.807, 2.05) is 12.1 Å². The lowest BCUT2D eigenvalue weighted by Crippen LogP contribution is -2.52. The smallest absolute Gasteiger partial charge is 0.232 e. The van der Waals surface area contributed by atoms with E-state index in [1.165, 1.54) is 23.6 Å². The van der Waals surface area contributed by atoms with Crippen LogP contribution in [0.5, 0.6) is 5.75 Å². The molecule has 3 atom stereocenters. The van der Waals surface area contributed by atoms with Gasteiger partial charge in [-0.1, -0.05) is 18.2 Å². The van der Waals surface area contributed by atoms with Crippen LogP contribution in [-0.2, 0) is 24.1 Å². The molecule has 0 radical (unpaired) electrons. The zero-order chi connectivity index (χ0) is 22.1. The first kappa shape index (κ1) is 22.0. The molecule has 7 heteroatoms. The summed E-state index contributed by atoms with van der Waals surface area (Å²) in [6.07, 6.45) is 6.69. The second-order valence-corrected chi connectivity index (χ2v) is 10.2. The van der Waals surface area contributed by atoms with Crippen LogP contribution >= 0.6 is 0 Å². The van der Waals surface area contributed by atoms with Crippen molar-refractivity contribution >= 4 is 11.3 Å². The summed E-state index contributed by atoms with van der Waals surface area (Å²) in [5, 5.41) is 0. The lowest BCUT2D eigenvalue weighted by molar-refractivity contribution is 0.106. The summed E-state index contributed by atoms with van der Waals surface area (Å²) in [6.45, 7) is 2.79. The molecular formula is C25H31FN2O3S. The van der Waals surface area contributed by atoms with E-state index in [-0.39, 0.29) is 11.4 Å². The number of rotatable bonds is 9. The number of ether oxygens (including phenoxy) is 1. The lowest BCUT2D eigenvalue weighted by Gasteiger charge is -2.41. The summed E-state index contributed by atoms with van der Waals surface area (Å²) in [4.78, 5) is 2.56. The number of benzene rings is 2. The summed E-state index contributed by atoms with van der Waals surface area (Å²) in [7, 11) is 0. The van der Waals surface area contributed by atoms with Crippen molar-refractivity contribution < 1.29 is 17.9 Å². The molecule has 2 fully saturated rings. The summed E-state index contributed by atoms with van der Waals surface area (Å²) >= 11 is -2.00. The van der Waals surface area contributed by atoms with Gasteiger partial charge in [0, 0.05) is 23.9 Å². The number of halogens is 1. The third kappa shape index (κ3) is 4.62. The molecule has 2 aromatic carbocycles. The van der Waals surface area contributed by atoms with E-state index in [9.17, 15) is 13.2 Å². The van der Waals surface area contributed by atoms with Gasteiger partial charge < -0.3 is 4.74 Å². The Morgan fingerprint density at radius 2 is 2.03 bits per heavy atom. The van der Waals surface area contributed by atoms with Crippen molar-refractivity contribution in [2.24, 2.45) is 0 Å². The van der Waals surface area contributed by atoms with Crippen LogP contribution in [0.3, 0.4) is 0 Å². The average molecular weight is 459 g/mol. The normalized spacial score (nSPS) is 24.9. The monoisotopic (exact) mass is 458 g/mol. The van der Waals surface area contributed by atoms with Gasteiger partial charge in [-0.15, -0.1) is 0 Å². The summed E-state index contributed by atoms with van der Waals surface area (Å²) in [5.74, 6) is 0.990. The lowest BCUT2D eigenvalue weighted by atomic mass is 9.75. The van der Waals surface area contributed by atoms with Gasteiger partial charge in [0.25, 0.3) is 0 Å². The summed E-state index contributed by atoms with van der Waals surface area (Å²) in [6, 6.07) is 13.8. The van der Waals surface area contributed by atoms with Crippen LogP contribution in [-0.4, -0.2) is 44.9 Å². The standard InChI is InChI=1S/C25H31FN2O3S/c26-20-5-1-4-18(14-20)15-23-22-17-21(7-6-19(22)16-24(23)28-11-3-12-28)31-13-10-25(8-2-9-25)27-32(29)30/h1,4-7,14,17,23-24,27H,2-3,8-13,15-16H2,(H,29,30). The minimum Gasteiger partial charge on any atom is -0.494 e. The number of hydrogen-bond donors (Lipinski definition) is 2. The molecule has 32 heavy (non-hydrogen) atoms. The highest BCUT2D eigenvalue weighted by Gasteiger charge is 2.39. The first-order valence-electron chi connectivity index (χ1n) is 11.6. The topological polar surface area (TPSA) is 61.8 Å². The van der Waals surface area contributed by atoms with E-state index in [2.05, 4.69) is 21.8 Å². The maximum absolute atomic E-state index is 13.8. The number of hydrogen-bond acceptors (Lipinski definition) is 3. The Bertz CT molecular complexity index is 993. The predicted octanol–water partition coefficient (Wildman–Crippen LogP) is 4.20. The maximum Gasteiger partial charge on any atom is 0.232 e. The molecule has 0 bridgehead atoms. The Balaban J connectivity index is 1.30. The van der Waals surface area contributed by atoms with Crippen LogP contribution in [0.1, 0.15) is 54.7 Å². The van der Waals surface area contributed by atoms with Crippen LogP contribution in [0.25, 0.3) is 0 Å². The van der Waals surface area contributed by atoms with Crippen molar-refractivity contribution in [3.05, 3.63) is 65.0 Å². The molecule has 1 aliphatic heterocycles. The van der Waals surface area contributed by atoms with Gasteiger partial charge in [0.2, 0.25) is 11.3 Å². The molecule has 0 spiro atoms. The SMILES string of the molecule is O=S(O)NC1(CCOc2ccc3c(c2)C(Cc2cccc(F)c2)C(N2CCC2)C3)CCC1. The highest BCUT2D eigenvalue weighted by atomic mass is 32.2. The summed E-state index contributed by atoms with van der Waals surface area (Å²) in [5.41, 5.74) is 3.44. The second-order valence-electron chi connectivity index (χ2n) is 9.55. The van der Waals surface area contributed by atoms with E-state index < -0.39 is 11.3 Å². The number of likely N-dealkylation sites (tertiary alicyclic amines) is 1. The molecule has 1 saturated carbocycles. The molecule has 1 heterocycles. The van der Waals surface area contributed by atoms with E-state index >= 15 is 0 Å². The van der Waals surface area contributed by atoms with Crippen LogP contribution in [0, 0.1) is 5.82 Å². The number of fused-ring (bicyclic) bond motifs is 1. The van der Waals surface area contributed by atoms with Crippen molar-refractivity contribution in [3.63, 3.8) is 0 Å². The first-order valence-corrected chi connectivity index (χ1v) is 12.7. The predicted molar refractivity (Wildman–Crippen MR) is 124 cm³/mol. The van der Waals surface area contributed by atoms with Crippen molar-refractivity contribution in [1.29, 1.82) is 0 Å². The summed E-state index contributed by atoms with van der Waals surface area (Å²) < 4.78 is 43.2. The quantitative estimate of drug-likeness (QED) is 0.553. The highest BCUT2D eigenvalue weighted by Crippen LogP contribution is 2.42. The van der Waals surface area contributed by atoms with Gasteiger partial charge in [-0.3, -0.25) is 9.45 Å². The third-order valence-electron chi connectivity index (χ3n) is 7.58. The molecule has 5 nitrogen and oxygen atoms in total. The number of nitrogens with one attached hydrogen (secondary N) is 1. The third-order valence-corrected chi connectivity index (χ3v) is 8.19. The molecule has 3 unspecified atom stereocenters. The molecule has 1 saturated heterocycles. The Morgan fingerprint density at radius 1 is 1.19 bits per heavy atom. The molecule has 5 rings (SSSR count). The Morgan fingerprint density at radius 3 is 2.69 bits per heavy atom. The van der Waals surface area contributed by atoms with Gasteiger partial charge in [0.05, 0.1) is 6.61 Å². The van der Waals surface area contributed by atoms with Crippen LogP contribution in [0.15, 0.2) is 42.5 Å². The molecule has 2 aromatic rings. The van der Waals surface area contributed by atoms with Gasteiger partial charge in [-0.05, 0) is 92.6 Å².